The second-order valence-corrected chi connectivity index (χ2v) is 5.53. The molecule has 0 amide bonds. The van der Waals surface area contributed by atoms with Gasteiger partial charge in [-0.1, -0.05) is 6.42 Å². The van der Waals surface area contributed by atoms with Crippen molar-refractivity contribution in [1.82, 2.24) is 5.32 Å². The van der Waals surface area contributed by atoms with Crippen molar-refractivity contribution in [2.75, 3.05) is 19.8 Å². The van der Waals surface area contributed by atoms with Gasteiger partial charge in [0.05, 0.1) is 18.6 Å². The lowest BCUT2D eigenvalue weighted by Gasteiger charge is -2.43. The molecule has 0 bridgehead atoms. The first kappa shape index (κ1) is 11.3. The molecule has 3 heterocycles. The van der Waals surface area contributed by atoms with Crippen LogP contribution >= 0.6 is 0 Å². The van der Waals surface area contributed by atoms with Crippen LogP contribution in [0.1, 0.15) is 37.2 Å². The summed E-state index contributed by atoms with van der Waals surface area (Å²) in [6, 6.07) is 4.82. The van der Waals surface area contributed by atoms with E-state index in [0.717, 1.165) is 31.2 Å². The molecule has 0 saturated carbocycles. The Hall–Kier alpha value is -0.800. The molecular weight excluding hydrogens is 214 g/mol. The van der Waals surface area contributed by atoms with E-state index in [2.05, 4.69) is 17.4 Å². The first-order valence-electron chi connectivity index (χ1n) is 6.67. The molecule has 1 aromatic heterocycles. The molecule has 94 valence electrons. The van der Waals surface area contributed by atoms with Crippen molar-refractivity contribution in [3.05, 3.63) is 23.7 Å². The summed E-state index contributed by atoms with van der Waals surface area (Å²) in [4.78, 5) is 0. The van der Waals surface area contributed by atoms with E-state index >= 15 is 0 Å². The largest absolute Gasteiger partial charge is 0.466 e. The molecule has 17 heavy (non-hydrogen) atoms. The van der Waals surface area contributed by atoms with Gasteiger partial charge in [-0.15, -0.1) is 0 Å². The number of furan rings is 1. The molecule has 2 aliphatic heterocycles. The van der Waals surface area contributed by atoms with Crippen molar-refractivity contribution in [3.63, 3.8) is 0 Å². The summed E-state index contributed by atoms with van der Waals surface area (Å²) in [5.74, 6) is 2.12. The Labute approximate surface area is 103 Å². The number of hydrogen-bond acceptors (Lipinski definition) is 3. The minimum Gasteiger partial charge on any atom is -0.466 e. The third-order valence-corrected chi connectivity index (χ3v) is 4.07. The van der Waals surface area contributed by atoms with Gasteiger partial charge in [-0.05, 0) is 44.9 Å². The molecule has 1 unspecified atom stereocenters. The van der Waals surface area contributed by atoms with Crippen LogP contribution < -0.4 is 5.32 Å². The third kappa shape index (κ3) is 2.14. The topological polar surface area (TPSA) is 34.4 Å². The van der Waals surface area contributed by atoms with Crippen LogP contribution in [0.2, 0.25) is 0 Å². The van der Waals surface area contributed by atoms with Crippen LogP contribution in [0.5, 0.6) is 0 Å². The van der Waals surface area contributed by atoms with Crippen molar-refractivity contribution >= 4 is 0 Å². The van der Waals surface area contributed by atoms with Crippen molar-refractivity contribution in [1.29, 1.82) is 0 Å². The Morgan fingerprint density at radius 1 is 1.35 bits per heavy atom. The maximum absolute atomic E-state index is 5.82. The molecule has 0 spiro atoms. The minimum atomic E-state index is 0.142. The van der Waals surface area contributed by atoms with Gasteiger partial charge in [-0.3, -0.25) is 0 Å². The standard InChI is InChI=1S/C14H21NO2/c1-11-5-6-13(17-11)14(9-16-10-14)8-12-4-2-3-7-15-12/h5-6,12,15H,2-4,7-10H2,1H3. The molecule has 2 aliphatic rings. The summed E-state index contributed by atoms with van der Waals surface area (Å²) >= 11 is 0. The Morgan fingerprint density at radius 2 is 2.24 bits per heavy atom. The highest BCUT2D eigenvalue weighted by molar-refractivity contribution is 5.20. The van der Waals surface area contributed by atoms with E-state index < -0.39 is 0 Å². The second-order valence-electron chi connectivity index (χ2n) is 5.53. The Kier molecular flexibility index (Phi) is 2.97. The van der Waals surface area contributed by atoms with Gasteiger partial charge >= 0.3 is 0 Å². The van der Waals surface area contributed by atoms with Gasteiger partial charge < -0.3 is 14.5 Å². The van der Waals surface area contributed by atoms with E-state index in [-0.39, 0.29) is 5.41 Å². The summed E-state index contributed by atoms with van der Waals surface area (Å²) in [6.07, 6.45) is 5.12. The molecule has 3 rings (SSSR count). The van der Waals surface area contributed by atoms with Gasteiger partial charge in [0.1, 0.15) is 11.5 Å². The molecule has 1 N–H and O–H groups in total. The van der Waals surface area contributed by atoms with Gasteiger partial charge in [-0.25, -0.2) is 0 Å². The summed E-state index contributed by atoms with van der Waals surface area (Å²) in [5, 5.41) is 3.62. The van der Waals surface area contributed by atoms with Crippen LogP contribution in [0.4, 0.5) is 0 Å². The Morgan fingerprint density at radius 3 is 2.76 bits per heavy atom. The lowest BCUT2D eigenvalue weighted by molar-refractivity contribution is -0.0796. The fourth-order valence-corrected chi connectivity index (χ4v) is 3.00. The predicted octanol–water partition coefficient (Wildman–Crippen LogP) is 2.39. The van der Waals surface area contributed by atoms with E-state index in [0.29, 0.717) is 6.04 Å². The van der Waals surface area contributed by atoms with Crippen molar-refractivity contribution < 1.29 is 9.15 Å². The number of ether oxygens (including phenoxy) is 1. The second kappa shape index (κ2) is 4.46. The van der Waals surface area contributed by atoms with Crippen LogP contribution in [0.15, 0.2) is 16.5 Å². The highest BCUT2D eigenvalue weighted by atomic mass is 16.5. The molecule has 2 fully saturated rings. The average molecular weight is 235 g/mol. The van der Waals surface area contributed by atoms with E-state index in [1.807, 2.05) is 6.92 Å². The summed E-state index contributed by atoms with van der Waals surface area (Å²) < 4.78 is 11.3. The highest BCUT2D eigenvalue weighted by Gasteiger charge is 2.44. The number of aryl methyl sites for hydroxylation is 1. The van der Waals surface area contributed by atoms with Gasteiger partial charge in [0.2, 0.25) is 0 Å². The van der Waals surface area contributed by atoms with Crippen LogP contribution in [0.3, 0.4) is 0 Å². The predicted molar refractivity (Wildman–Crippen MR) is 66.2 cm³/mol. The van der Waals surface area contributed by atoms with Gasteiger partial charge in [0.15, 0.2) is 0 Å². The normalized spacial score (nSPS) is 27.7. The Balaban J connectivity index is 1.73. The van der Waals surface area contributed by atoms with Crippen LogP contribution in [-0.4, -0.2) is 25.8 Å². The number of nitrogens with one attached hydrogen (secondary N) is 1. The average Bonchev–Trinajstić information content (AvgIpc) is 2.72. The van der Waals surface area contributed by atoms with E-state index in [4.69, 9.17) is 9.15 Å². The van der Waals surface area contributed by atoms with Crippen LogP contribution in [-0.2, 0) is 10.2 Å². The minimum absolute atomic E-state index is 0.142. The fraction of sp³-hybridized carbons (Fsp3) is 0.714. The van der Waals surface area contributed by atoms with Crippen molar-refractivity contribution in [3.8, 4) is 0 Å². The van der Waals surface area contributed by atoms with Crippen molar-refractivity contribution in [2.24, 2.45) is 0 Å². The number of hydrogen-bond donors (Lipinski definition) is 1. The SMILES string of the molecule is Cc1ccc(C2(CC3CCCCN3)COC2)o1. The fourth-order valence-electron chi connectivity index (χ4n) is 3.00. The van der Waals surface area contributed by atoms with Gasteiger partial charge in [-0.2, -0.15) is 0 Å². The van der Waals surface area contributed by atoms with Crippen LogP contribution in [0.25, 0.3) is 0 Å². The van der Waals surface area contributed by atoms with Crippen molar-refractivity contribution in [2.45, 2.75) is 44.1 Å². The lowest BCUT2D eigenvalue weighted by Crippen LogP contribution is -2.51. The molecule has 1 aromatic rings. The van der Waals surface area contributed by atoms with Crippen LogP contribution in [0, 0.1) is 6.92 Å². The molecular formula is C14H21NO2. The third-order valence-electron chi connectivity index (χ3n) is 4.07. The maximum atomic E-state index is 5.82. The molecule has 0 aliphatic carbocycles. The quantitative estimate of drug-likeness (QED) is 0.873. The molecule has 0 radical (unpaired) electrons. The van der Waals surface area contributed by atoms with Gasteiger partial charge in [0.25, 0.3) is 0 Å². The summed E-state index contributed by atoms with van der Waals surface area (Å²) in [5.41, 5.74) is 0.142. The zero-order chi connectivity index (χ0) is 11.7. The van der Waals surface area contributed by atoms with E-state index in [1.54, 1.807) is 0 Å². The summed E-state index contributed by atoms with van der Waals surface area (Å²) in [6.45, 7) is 4.81. The maximum Gasteiger partial charge on any atom is 0.115 e. The van der Waals surface area contributed by atoms with Gasteiger partial charge in [0, 0.05) is 6.04 Å². The highest BCUT2D eigenvalue weighted by Crippen LogP contribution is 2.38. The Bertz CT molecular complexity index is 375. The molecule has 2 saturated heterocycles. The first-order chi connectivity index (χ1) is 8.28. The number of rotatable bonds is 3. The lowest BCUT2D eigenvalue weighted by atomic mass is 9.76. The van der Waals surface area contributed by atoms with E-state index in [1.165, 1.54) is 25.8 Å². The monoisotopic (exact) mass is 235 g/mol. The zero-order valence-corrected chi connectivity index (χ0v) is 10.5. The molecule has 3 nitrogen and oxygen atoms in total. The zero-order valence-electron chi connectivity index (χ0n) is 10.5. The molecule has 0 aromatic carbocycles. The first-order valence-corrected chi connectivity index (χ1v) is 6.67. The van der Waals surface area contributed by atoms with E-state index in [9.17, 15) is 0 Å². The summed E-state index contributed by atoms with van der Waals surface area (Å²) in [7, 11) is 0. The smallest absolute Gasteiger partial charge is 0.115 e. The molecule has 1 atom stereocenters. The molecule has 3 heteroatoms. The number of piperidine rings is 1.